The lowest BCUT2D eigenvalue weighted by Crippen LogP contribution is -2.44. The van der Waals surface area contributed by atoms with Crippen LogP contribution in [0.4, 0.5) is 0 Å². The first kappa shape index (κ1) is 23.2. The maximum atomic E-state index is 5.91. The molecule has 2 rings (SSSR count). The maximum absolute atomic E-state index is 5.91. The molecule has 1 aromatic rings. The fourth-order valence-corrected chi connectivity index (χ4v) is 3.80. The molecule has 0 radical (unpaired) electrons. The molecule has 0 saturated carbocycles. The number of ether oxygens (including phenoxy) is 1. The average Bonchev–Trinajstić information content (AvgIpc) is 2.73. The van der Waals surface area contributed by atoms with Gasteiger partial charge in [-0.1, -0.05) is 51.7 Å². The van der Waals surface area contributed by atoms with E-state index in [4.69, 9.17) is 4.74 Å². The van der Waals surface area contributed by atoms with Crippen LogP contribution in [-0.2, 0) is 6.54 Å². The van der Waals surface area contributed by atoms with Gasteiger partial charge < -0.3 is 14.5 Å². The summed E-state index contributed by atoms with van der Waals surface area (Å²) >= 11 is 0. The van der Waals surface area contributed by atoms with E-state index in [1.54, 1.807) is 0 Å². The van der Waals surface area contributed by atoms with Crippen molar-refractivity contribution in [3.63, 3.8) is 0 Å². The van der Waals surface area contributed by atoms with Crippen LogP contribution in [0.5, 0.6) is 5.75 Å². The van der Waals surface area contributed by atoms with Crippen LogP contribution in [0.3, 0.4) is 0 Å². The van der Waals surface area contributed by atoms with Crippen LogP contribution < -0.4 is 4.74 Å². The van der Waals surface area contributed by atoms with E-state index in [0.29, 0.717) is 0 Å². The third-order valence-corrected chi connectivity index (χ3v) is 5.96. The molecule has 0 spiro atoms. The number of likely N-dealkylation sites (N-methyl/N-ethyl adjacent to an activating group) is 1. The van der Waals surface area contributed by atoms with Gasteiger partial charge in [0.25, 0.3) is 0 Å². The molecule has 1 heterocycles. The van der Waals surface area contributed by atoms with Gasteiger partial charge in [0.15, 0.2) is 0 Å². The quantitative estimate of drug-likeness (QED) is 0.436. The summed E-state index contributed by atoms with van der Waals surface area (Å²) in [6.07, 6.45) is 7.90. The number of hydrogen-bond donors (Lipinski definition) is 0. The van der Waals surface area contributed by atoms with E-state index in [-0.39, 0.29) is 0 Å². The van der Waals surface area contributed by atoms with Crippen molar-refractivity contribution in [2.24, 2.45) is 0 Å². The summed E-state index contributed by atoms with van der Waals surface area (Å²) < 4.78 is 5.91. The summed E-state index contributed by atoms with van der Waals surface area (Å²) in [5.74, 6) is 1.01. The second kappa shape index (κ2) is 14.0. The lowest BCUT2D eigenvalue weighted by atomic mass is 10.1. The summed E-state index contributed by atoms with van der Waals surface area (Å²) in [6, 6.07) is 8.65. The largest absolute Gasteiger partial charge is 0.494 e. The van der Waals surface area contributed by atoms with E-state index < -0.39 is 0 Å². The first-order chi connectivity index (χ1) is 13.7. The topological polar surface area (TPSA) is 19.0 Å². The van der Waals surface area contributed by atoms with E-state index in [9.17, 15) is 0 Å². The molecular formula is C24H43N3O. The minimum absolute atomic E-state index is 0.844. The Kier molecular flexibility index (Phi) is 11.6. The molecule has 0 bridgehead atoms. The molecule has 4 nitrogen and oxygen atoms in total. The van der Waals surface area contributed by atoms with Crippen LogP contribution in [0.1, 0.15) is 57.9 Å². The van der Waals surface area contributed by atoms with Crippen LogP contribution >= 0.6 is 0 Å². The SMILES string of the molecule is CCN(CC)Cc1ccc(OCCCCCCCCN2CCN(C)CC2)cc1. The Balaban J connectivity index is 1.44. The van der Waals surface area contributed by atoms with Crippen LogP contribution in [0, 0.1) is 0 Å². The van der Waals surface area contributed by atoms with E-state index in [1.165, 1.54) is 76.8 Å². The molecule has 0 aromatic heterocycles. The minimum Gasteiger partial charge on any atom is -0.494 e. The van der Waals surface area contributed by atoms with Crippen LogP contribution in [0.25, 0.3) is 0 Å². The van der Waals surface area contributed by atoms with E-state index in [1.807, 2.05) is 0 Å². The average molecular weight is 390 g/mol. The van der Waals surface area contributed by atoms with Gasteiger partial charge in [-0.3, -0.25) is 4.90 Å². The molecule has 0 atom stereocenters. The molecule has 0 unspecified atom stereocenters. The Morgan fingerprint density at radius 3 is 2.07 bits per heavy atom. The Hall–Kier alpha value is -1.10. The normalized spacial score (nSPS) is 16.0. The summed E-state index contributed by atoms with van der Waals surface area (Å²) in [4.78, 5) is 7.49. The summed E-state index contributed by atoms with van der Waals surface area (Å²) in [7, 11) is 2.23. The third kappa shape index (κ3) is 9.40. The minimum atomic E-state index is 0.844. The van der Waals surface area contributed by atoms with E-state index in [2.05, 4.69) is 59.9 Å². The van der Waals surface area contributed by atoms with E-state index >= 15 is 0 Å². The van der Waals surface area contributed by atoms with Gasteiger partial charge in [0.1, 0.15) is 5.75 Å². The third-order valence-electron chi connectivity index (χ3n) is 5.96. The summed E-state index contributed by atoms with van der Waals surface area (Å²) in [5, 5.41) is 0. The van der Waals surface area contributed by atoms with E-state index in [0.717, 1.165) is 32.0 Å². The van der Waals surface area contributed by atoms with Crippen molar-refractivity contribution >= 4 is 0 Å². The molecule has 1 saturated heterocycles. The lowest BCUT2D eigenvalue weighted by molar-refractivity contribution is 0.152. The second-order valence-electron chi connectivity index (χ2n) is 8.22. The molecule has 28 heavy (non-hydrogen) atoms. The lowest BCUT2D eigenvalue weighted by Gasteiger charge is -2.32. The van der Waals surface area contributed by atoms with Gasteiger partial charge in [-0.2, -0.15) is 0 Å². The fourth-order valence-electron chi connectivity index (χ4n) is 3.80. The standard InChI is InChI=1S/C24H43N3O/c1-4-26(5-2)22-23-12-14-24(15-13-23)28-21-11-9-7-6-8-10-16-27-19-17-25(3)18-20-27/h12-15H,4-11,16-22H2,1-3H3. The number of piperazine rings is 1. The van der Waals surface area contributed by atoms with Crippen LogP contribution in [0.15, 0.2) is 24.3 Å². The highest BCUT2D eigenvalue weighted by Gasteiger charge is 2.12. The number of nitrogens with zero attached hydrogens (tertiary/aromatic N) is 3. The molecule has 1 aliphatic rings. The van der Waals surface area contributed by atoms with Crippen molar-refractivity contribution in [2.45, 2.75) is 58.9 Å². The highest BCUT2D eigenvalue weighted by Crippen LogP contribution is 2.15. The Morgan fingerprint density at radius 2 is 1.43 bits per heavy atom. The Labute approximate surface area is 173 Å². The monoisotopic (exact) mass is 389 g/mol. The molecule has 1 aromatic carbocycles. The molecule has 0 amide bonds. The molecule has 1 aliphatic heterocycles. The highest BCUT2D eigenvalue weighted by atomic mass is 16.5. The summed E-state index contributed by atoms with van der Waals surface area (Å²) in [5.41, 5.74) is 1.37. The van der Waals surface area contributed by atoms with Crippen LogP contribution in [-0.4, -0.2) is 74.2 Å². The zero-order valence-electron chi connectivity index (χ0n) is 18.7. The molecule has 4 heteroatoms. The van der Waals surface area contributed by atoms with Crippen molar-refractivity contribution < 1.29 is 4.74 Å². The smallest absolute Gasteiger partial charge is 0.119 e. The van der Waals surface area contributed by atoms with Gasteiger partial charge in [-0.15, -0.1) is 0 Å². The number of unbranched alkanes of at least 4 members (excludes halogenated alkanes) is 5. The van der Waals surface area contributed by atoms with Crippen LogP contribution in [0.2, 0.25) is 0 Å². The van der Waals surface area contributed by atoms with Gasteiger partial charge in [-0.25, -0.2) is 0 Å². The van der Waals surface area contributed by atoms with Gasteiger partial charge in [-0.05, 0) is 57.2 Å². The number of rotatable bonds is 14. The molecule has 0 N–H and O–H groups in total. The first-order valence-corrected chi connectivity index (χ1v) is 11.6. The van der Waals surface area contributed by atoms with Crippen molar-refractivity contribution in [3.8, 4) is 5.75 Å². The van der Waals surface area contributed by atoms with Crippen molar-refractivity contribution in [3.05, 3.63) is 29.8 Å². The van der Waals surface area contributed by atoms with Gasteiger partial charge in [0.05, 0.1) is 6.61 Å². The predicted molar refractivity (Wildman–Crippen MR) is 120 cm³/mol. The Morgan fingerprint density at radius 1 is 0.821 bits per heavy atom. The molecule has 1 fully saturated rings. The molecule has 0 aliphatic carbocycles. The highest BCUT2D eigenvalue weighted by molar-refractivity contribution is 5.27. The Bertz CT molecular complexity index is 493. The fraction of sp³-hybridized carbons (Fsp3) is 0.750. The number of benzene rings is 1. The van der Waals surface area contributed by atoms with Crippen molar-refractivity contribution in [2.75, 3.05) is 59.5 Å². The molecular weight excluding hydrogens is 346 g/mol. The van der Waals surface area contributed by atoms with Gasteiger partial charge in [0, 0.05) is 32.7 Å². The predicted octanol–water partition coefficient (Wildman–Crippen LogP) is 4.50. The summed E-state index contributed by atoms with van der Waals surface area (Å²) in [6.45, 7) is 14.8. The van der Waals surface area contributed by atoms with Gasteiger partial charge >= 0.3 is 0 Å². The molecule has 160 valence electrons. The van der Waals surface area contributed by atoms with Gasteiger partial charge in [0.2, 0.25) is 0 Å². The number of hydrogen-bond acceptors (Lipinski definition) is 4. The maximum Gasteiger partial charge on any atom is 0.119 e. The second-order valence-corrected chi connectivity index (χ2v) is 8.22. The first-order valence-electron chi connectivity index (χ1n) is 11.6. The van der Waals surface area contributed by atoms with Crippen molar-refractivity contribution in [1.29, 1.82) is 0 Å². The zero-order chi connectivity index (χ0) is 20.0. The van der Waals surface area contributed by atoms with Crippen molar-refractivity contribution in [1.82, 2.24) is 14.7 Å². The zero-order valence-corrected chi connectivity index (χ0v) is 18.7.